The third-order valence-electron chi connectivity index (χ3n) is 5.33. The summed E-state index contributed by atoms with van der Waals surface area (Å²) in [6.07, 6.45) is 0. The number of aryl methyl sites for hydroxylation is 1. The van der Waals surface area contributed by atoms with Crippen LogP contribution in [0.15, 0.2) is 36.4 Å². The maximum atomic E-state index is 7.38. The van der Waals surface area contributed by atoms with E-state index in [0.29, 0.717) is 65.3 Å². The molecule has 1 atom stereocenters. The number of halogens is 2. The monoisotopic (exact) mass is 559 g/mol. The molecule has 8 nitrogen and oxygen atoms in total. The van der Waals surface area contributed by atoms with E-state index in [2.05, 4.69) is 54.1 Å². The molecule has 0 radical (unpaired) electrons. The number of nitrogens with zero attached hydrogens (tertiary/aromatic N) is 1. The normalized spacial score (nSPS) is 14.8. The highest BCUT2D eigenvalue weighted by Crippen LogP contribution is 2.38. The molecule has 1 heterocycles. The molecule has 5 N–H and O–H groups in total. The lowest BCUT2D eigenvalue weighted by Gasteiger charge is -2.33. The maximum Gasteiger partial charge on any atom is 0.0791 e. The summed E-state index contributed by atoms with van der Waals surface area (Å²) in [6.45, 7) is 10.7. The van der Waals surface area contributed by atoms with Crippen molar-refractivity contribution in [3.63, 3.8) is 0 Å². The molecule has 0 aliphatic carbocycles. The highest BCUT2D eigenvalue weighted by atomic mass is 35.5. The van der Waals surface area contributed by atoms with Gasteiger partial charge in [-0.15, -0.1) is 0 Å². The second-order valence-corrected chi connectivity index (χ2v) is 9.29. The first-order valence-electron chi connectivity index (χ1n) is 12.5. The van der Waals surface area contributed by atoms with Gasteiger partial charge in [-0.2, -0.15) is 0 Å². The molecular formula is C27H43Cl2N3O5. The SMILES string of the molecule is CCOO.Cc1cccc(C2CN(C)Cc3c(Cl)cc(Cl)cc32)c1.NCCOCCOCCOCCN. The molecule has 1 aliphatic heterocycles. The summed E-state index contributed by atoms with van der Waals surface area (Å²) in [5.74, 6) is 0.333. The van der Waals surface area contributed by atoms with Crippen LogP contribution < -0.4 is 11.5 Å². The fourth-order valence-corrected chi connectivity index (χ4v) is 4.29. The Kier molecular flexibility index (Phi) is 18.8. The molecular weight excluding hydrogens is 517 g/mol. The molecule has 210 valence electrons. The summed E-state index contributed by atoms with van der Waals surface area (Å²) in [7, 11) is 2.14. The number of likely N-dealkylation sites (N-methyl/N-ethyl adjacent to an activating group) is 1. The van der Waals surface area contributed by atoms with Crippen molar-refractivity contribution in [3.8, 4) is 0 Å². The maximum absolute atomic E-state index is 7.38. The predicted molar refractivity (Wildman–Crippen MR) is 151 cm³/mol. The van der Waals surface area contributed by atoms with Gasteiger partial charge < -0.3 is 30.6 Å². The minimum absolute atomic E-state index is 0.333. The Morgan fingerprint density at radius 2 is 1.51 bits per heavy atom. The zero-order valence-corrected chi connectivity index (χ0v) is 23.8. The van der Waals surface area contributed by atoms with Gasteiger partial charge in [0.25, 0.3) is 0 Å². The van der Waals surface area contributed by atoms with Gasteiger partial charge in [0.1, 0.15) is 0 Å². The molecule has 0 bridgehead atoms. The minimum atomic E-state index is 0.333. The number of nitrogens with two attached hydrogens (primary N) is 2. The van der Waals surface area contributed by atoms with Crippen LogP contribution in [0.2, 0.25) is 10.0 Å². The van der Waals surface area contributed by atoms with Crippen LogP contribution in [-0.4, -0.2) is 83.1 Å². The van der Waals surface area contributed by atoms with E-state index in [-0.39, 0.29) is 0 Å². The van der Waals surface area contributed by atoms with Gasteiger partial charge in [-0.3, -0.25) is 5.26 Å². The second-order valence-electron chi connectivity index (χ2n) is 8.45. The summed E-state index contributed by atoms with van der Waals surface area (Å²) in [5, 5.41) is 8.87. The largest absolute Gasteiger partial charge is 0.378 e. The highest BCUT2D eigenvalue weighted by molar-refractivity contribution is 6.35. The van der Waals surface area contributed by atoms with Crippen LogP contribution in [-0.2, 0) is 25.6 Å². The quantitative estimate of drug-likeness (QED) is 0.200. The van der Waals surface area contributed by atoms with Gasteiger partial charge in [-0.25, -0.2) is 4.89 Å². The third-order valence-corrected chi connectivity index (χ3v) is 5.89. The number of benzene rings is 2. The Morgan fingerprint density at radius 1 is 0.946 bits per heavy atom. The summed E-state index contributed by atoms with van der Waals surface area (Å²) in [4.78, 5) is 5.86. The molecule has 10 heteroatoms. The Labute approximate surface area is 231 Å². The Hall–Kier alpha value is -1.30. The Balaban J connectivity index is 0.000000349. The molecule has 0 saturated heterocycles. The van der Waals surface area contributed by atoms with E-state index in [1.807, 2.05) is 6.07 Å². The van der Waals surface area contributed by atoms with Gasteiger partial charge >= 0.3 is 0 Å². The van der Waals surface area contributed by atoms with E-state index in [0.717, 1.165) is 23.1 Å². The smallest absolute Gasteiger partial charge is 0.0791 e. The van der Waals surface area contributed by atoms with Crippen LogP contribution in [0.3, 0.4) is 0 Å². The van der Waals surface area contributed by atoms with Gasteiger partial charge in [-0.05, 0) is 49.7 Å². The van der Waals surface area contributed by atoms with Gasteiger partial charge in [0, 0.05) is 42.1 Å². The van der Waals surface area contributed by atoms with Crippen LogP contribution in [0.5, 0.6) is 0 Å². The zero-order valence-electron chi connectivity index (χ0n) is 22.3. The second kappa shape index (κ2) is 20.6. The lowest BCUT2D eigenvalue weighted by atomic mass is 9.84. The van der Waals surface area contributed by atoms with Crippen molar-refractivity contribution >= 4 is 23.2 Å². The highest BCUT2D eigenvalue weighted by Gasteiger charge is 2.26. The summed E-state index contributed by atoms with van der Waals surface area (Å²) < 4.78 is 15.4. The first kappa shape index (κ1) is 33.7. The summed E-state index contributed by atoms with van der Waals surface area (Å²) >= 11 is 12.6. The van der Waals surface area contributed by atoms with Gasteiger partial charge in [0.15, 0.2) is 0 Å². The van der Waals surface area contributed by atoms with E-state index in [1.165, 1.54) is 22.3 Å². The molecule has 1 unspecified atom stereocenters. The molecule has 0 spiro atoms. The minimum Gasteiger partial charge on any atom is -0.378 e. The van der Waals surface area contributed by atoms with Crippen LogP contribution >= 0.6 is 23.2 Å². The number of hydrogen-bond acceptors (Lipinski definition) is 8. The standard InChI is InChI=1S/C17H17Cl2N.C8H20N2O3.C2H6O2/c1-11-4-3-5-12(6-11)15-9-20(2)10-16-14(15)7-13(18)8-17(16)19;9-1-3-11-5-7-13-8-6-12-4-2-10;1-2-4-3/h3-8,15H,9-10H2,1-2H3;1-10H2;3H,2H2,1H3. The van der Waals surface area contributed by atoms with Crippen molar-refractivity contribution in [2.45, 2.75) is 26.3 Å². The molecule has 0 saturated carbocycles. The number of rotatable bonds is 12. The first-order valence-corrected chi connectivity index (χ1v) is 13.3. The van der Waals surface area contributed by atoms with Gasteiger partial charge in [-0.1, -0.05) is 53.0 Å². The summed E-state index contributed by atoms with van der Waals surface area (Å²) in [5.41, 5.74) is 15.5. The molecule has 37 heavy (non-hydrogen) atoms. The van der Waals surface area contributed by atoms with E-state index in [1.54, 1.807) is 6.92 Å². The number of ether oxygens (including phenoxy) is 3. The fraction of sp³-hybridized carbons (Fsp3) is 0.556. The van der Waals surface area contributed by atoms with Crippen LogP contribution in [0.25, 0.3) is 0 Å². The molecule has 0 aromatic heterocycles. The lowest BCUT2D eigenvalue weighted by molar-refractivity contribution is -0.237. The van der Waals surface area contributed by atoms with Crippen molar-refractivity contribution in [2.24, 2.45) is 11.5 Å². The van der Waals surface area contributed by atoms with Gasteiger partial charge in [0.2, 0.25) is 0 Å². The van der Waals surface area contributed by atoms with Crippen molar-refractivity contribution < 1.29 is 24.4 Å². The van der Waals surface area contributed by atoms with E-state index in [4.69, 9.17) is 54.1 Å². The van der Waals surface area contributed by atoms with Crippen LogP contribution in [0, 0.1) is 6.92 Å². The first-order chi connectivity index (χ1) is 17.9. The number of fused-ring (bicyclic) bond motifs is 1. The van der Waals surface area contributed by atoms with Gasteiger partial charge in [0.05, 0.1) is 46.2 Å². The topological polar surface area (TPSA) is 112 Å². The van der Waals surface area contributed by atoms with E-state index < -0.39 is 0 Å². The third kappa shape index (κ3) is 13.9. The Bertz CT molecular complexity index is 864. The van der Waals surface area contributed by atoms with Crippen molar-refractivity contribution in [3.05, 3.63) is 68.7 Å². The average Bonchev–Trinajstić information content (AvgIpc) is 2.88. The zero-order chi connectivity index (χ0) is 27.5. The number of hydrogen-bond donors (Lipinski definition) is 3. The van der Waals surface area contributed by atoms with Crippen molar-refractivity contribution in [2.75, 3.05) is 72.9 Å². The average molecular weight is 561 g/mol. The van der Waals surface area contributed by atoms with Crippen LogP contribution in [0.4, 0.5) is 0 Å². The molecule has 0 fully saturated rings. The van der Waals surface area contributed by atoms with Crippen molar-refractivity contribution in [1.29, 1.82) is 0 Å². The van der Waals surface area contributed by atoms with E-state index in [9.17, 15) is 0 Å². The molecule has 3 rings (SSSR count). The van der Waals surface area contributed by atoms with Crippen molar-refractivity contribution in [1.82, 2.24) is 4.90 Å². The molecule has 2 aromatic carbocycles. The lowest BCUT2D eigenvalue weighted by Crippen LogP contribution is -2.31. The van der Waals surface area contributed by atoms with Crippen LogP contribution in [0.1, 0.15) is 35.1 Å². The fourth-order valence-electron chi connectivity index (χ4n) is 3.73. The molecule has 0 amide bonds. The predicted octanol–water partition coefficient (Wildman–Crippen LogP) is 4.33. The summed E-state index contributed by atoms with van der Waals surface area (Å²) in [6, 6.07) is 12.6. The Morgan fingerprint density at radius 3 is 2.03 bits per heavy atom. The molecule has 1 aliphatic rings. The van der Waals surface area contributed by atoms with E-state index >= 15 is 0 Å². The molecule has 2 aromatic rings.